The lowest BCUT2D eigenvalue weighted by Gasteiger charge is -2.31. The molecule has 0 fully saturated rings. The van der Waals surface area contributed by atoms with Crippen LogP contribution in [0.15, 0.2) is 84.0 Å². The number of nitrogens with zero attached hydrogens (tertiary/aromatic N) is 4. The molecule has 1 aliphatic rings. The van der Waals surface area contributed by atoms with E-state index in [0.717, 1.165) is 4.57 Å². The molecule has 1 atom stereocenters. The Morgan fingerprint density at radius 1 is 1.14 bits per heavy atom. The molecule has 0 saturated heterocycles. The van der Waals surface area contributed by atoms with E-state index in [1.807, 2.05) is 0 Å². The Morgan fingerprint density at radius 3 is 2.75 bits per heavy atom. The Kier molecular flexibility index (Phi) is 4.11. The maximum atomic E-state index is 13.1. The summed E-state index contributed by atoms with van der Waals surface area (Å²) in [5, 5.41) is 22.8. The van der Waals surface area contributed by atoms with Crippen LogP contribution in [0.2, 0.25) is 0 Å². The highest BCUT2D eigenvalue weighted by molar-refractivity contribution is 5.95. The van der Waals surface area contributed by atoms with Crippen LogP contribution in [-0.2, 0) is 26.2 Å². The monoisotopic (exact) mass is 477 g/mol. The average Bonchev–Trinajstić information content (AvgIpc) is 3.35. The van der Waals surface area contributed by atoms with E-state index in [0.29, 0.717) is 50.2 Å². The fourth-order valence-electron chi connectivity index (χ4n) is 4.93. The van der Waals surface area contributed by atoms with Crippen molar-refractivity contribution >= 4 is 10.9 Å². The van der Waals surface area contributed by atoms with Gasteiger partial charge in [-0.2, -0.15) is 5.26 Å². The Hall–Kier alpha value is -4.67. The molecular formula is C29H22N4O3. The predicted octanol–water partition coefficient (Wildman–Crippen LogP) is 3.99. The molecule has 7 nitrogen and oxygen atoms in total. The van der Waals surface area contributed by atoms with Gasteiger partial charge in [0.1, 0.15) is 12.4 Å². The van der Waals surface area contributed by atoms with E-state index in [1.165, 1.54) is 6.07 Å². The molecule has 0 amide bonds. The number of aryl methyl sites for hydroxylation is 2. The fraction of sp³-hybridized carbons (Fsp3) is 0.138. The summed E-state index contributed by atoms with van der Waals surface area (Å²) in [5.41, 5.74) is 1.28. The van der Waals surface area contributed by atoms with Crippen LogP contribution in [-0.4, -0.2) is 19.2 Å². The first-order valence-electron chi connectivity index (χ1n) is 12.8. The third-order valence-electron chi connectivity index (χ3n) is 6.80. The van der Waals surface area contributed by atoms with E-state index in [1.54, 1.807) is 84.8 Å². The second kappa shape index (κ2) is 7.94. The minimum Gasteiger partial charge on any atom is -0.489 e. The summed E-state index contributed by atoms with van der Waals surface area (Å²) in [6.45, 7) is -2.65. The first-order chi connectivity index (χ1) is 18.6. The van der Waals surface area contributed by atoms with Crippen LogP contribution in [0.3, 0.4) is 0 Å². The zero-order valence-corrected chi connectivity index (χ0v) is 19.3. The zero-order valence-electron chi connectivity index (χ0n) is 22.3. The molecule has 0 spiro atoms. The van der Waals surface area contributed by atoms with Crippen LogP contribution in [0, 0.1) is 11.3 Å². The molecular weight excluding hydrogens is 452 g/mol. The summed E-state index contributed by atoms with van der Waals surface area (Å²) in [5.74, 6) is 0.507. The number of imidazole rings is 1. The van der Waals surface area contributed by atoms with Gasteiger partial charge in [-0.05, 0) is 58.7 Å². The minimum absolute atomic E-state index is 0.0648. The SMILES string of the molecule is [2H]C([2H])([2H])n1c(=O)cc2c3cc(ccc31)C(O)(c1cncn1C)c1ccc(C#N)c(c1)COc1cccc-2c1. The van der Waals surface area contributed by atoms with Crippen molar-refractivity contribution < 1.29 is 14.0 Å². The molecule has 2 aromatic heterocycles. The lowest BCUT2D eigenvalue weighted by atomic mass is 9.81. The van der Waals surface area contributed by atoms with Gasteiger partial charge in [-0.1, -0.05) is 24.3 Å². The van der Waals surface area contributed by atoms with Crippen LogP contribution in [0.4, 0.5) is 0 Å². The molecule has 5 aromatic rings. The molecule has 1 aliphatic heterocycles. The molecule has 3 heterocycles. The Bertz CT molecular complexity index is 1880. The van der Waals surface area contributed by atoms with Crippen molar-refractivity contribution in [1.82, 2.24) is 14.1 Å². The van der Waals surface area contributed by atoms with Crippen molar-refractivity contribution in [3.8, 4) is 22.9 Å². The molecule has 1 N–H and O–H groups in total. The van der Waals surface area contributed by atoms with Gasteiger partial charge in [-0.25, -0.2) is 4.98 Å². The summed E-state index contributed by atoms with van der Waals surface area (Å²) in [7, 11) is 1.76. The van der Waals surface area contributed by atoms with Crippen molar-refractivity contribution in [3.05, 3.63) is 118 Å². The fourth-order valence-corrected chi connectivity index (χ4v) is 4.93. The van der Waals surface area contributed by atoms with Gasteiger partial charge in [0.2, 0.25) is 0 Å². The number of nitriles is 1. The summed E-state index contributed by atoms with van der Waals surface area (Å²) in [6, 6.07) is 20.5. The van der Waals surface area contributed by atoms with E-state index >= 15 is 0 Å². The molecule has 6 bridgehead atoms. The first kappa shape index (κ1) is 18.6. The maximum absolute atomic E-state index is 13.1. The molecule has 7 heteroatoms. The Balaban J connectivity index is 1.78. The van der Waals surface area contributed by atoms with Gasteiger partial charge in [0.25, 0.3) is 5.56 Å². The standard InChI is InChI=1S/C29H22N4O3/c1-32-17-31-15-27(32)29(35)21-7-6-19(14-30)20(10-21)16-36-23-5-3-4-18(11-23)24-13-28(34)33(2)26-9-8-22(29)12-25(24)26/h3-13,15,17,35H,16H2,1-2H3/i2D3. The van der Waals surface area contributed by atoms with Gasteiger partial charge in [0, 0.05) is 35.2 Å². The van der Waals surface area contributed by atoms with Crippen LogP contribution in [0.5, 0.6) is 5.75 Å². The number of ether oxygens (including phenoxy) is 1. The van der Waals surface area contributed by atoms with E-state index in [2.05, 4.69) is 11.1 Å². The molecule has 3 aromatic carbocycles. The minimum atomic E-state index is -2.72. The van der Waals surface area contributed by atoms with Crippen molar-refractivity contribution in [3.63, 3.8) is 0 Å². The quantitative estimate of drug-likeness (QED) is 0.394. The number of rotatable bonds is 1. The van der Waals surface area contributed by atoms with E-state index in [9.17, 15) is 15.2 Å². The lowest BCUT2D eigenvalue weighted by molar-refractivity contribution is 0.117. The topological polar surface area (TPSA) is 93.1 Å². The number of aliphatic hydroxyl groups is 1. The highest BCUT2D eigenvalue weighted by Gasteiger charge is 2.37. The lowest BCUT2D eigenvalue weighted by Crippen LogP contribution is -2.31. The predicted molar refractivity (Wildman–Crippen MR) is 135 cm³/mol. The average molecular weight is 478 g/mol. The van der Waals surface area contributed by atoms with Gasteiger partial charge in [-0.3, -0.25) is 4.79 Å². The third-order valence-corrected chi connectivity index (χ3v) is 6.80. The van der Waals surface area contributed by atoms with Crippen molar-refractivity contribution in [2.75, 3.05) is 0 Å². The first-order valence-corrected chi connectivity index (χ1v) is 11.3. The maximum Gasteiger partial charge on any atom is 0.251 e. The third kappa shape index (κ3) is 3.16. The second-order valence-electron chi connectivity index (χ2n) is 8.86. The highest BCUT2D eigenvalue weighted by atomic mass is 16.5. The van der Waals surface area contributed by atoms with E-state index < -0.39 is 18.1 Å². The number of aromatic nitrogens is 3. The second-order valence-corrected chi connectivity index (χ2v) is 8.86. The highest BCUT2D eigenvalue weighted by Crippen LogP contribution is 2.40. The molecule has 0 saturated carbocycles. The van der Waals surface area contributed by atoms with Crippen molar-refractivity contribution in [2.45, 2.75) is 12.2 Å². The smallest absolute Gasteiger partial charge is 0.251 e. The summed E-state index contributed by atoms with van der Waals surface area (Å²) >= 11 is 0. The molecule has 0 aliphatic carbocycles. The van der Waals surface area contributed by atoms with Crippen molar-refractivity contribution in [2.24, 2.45) is 14.0 Å². The molecule has 36 heavy (non-hydrogen) atoms. The molecule has 6 rings (SSSR count). The summed E-state index contributed by atoms with van der Waals surface area (Å²) in [4.78, 5) is 17.4. The van der Waals surface area contributed by atoms with Crippen LogP contribution < -0.4 is 10.3 Å². The van der Waals surface area contributed by atoms with Crippen LogP contribution in [0.1, 0.15) is 32.1 Å². The van der Waals surface area contributed by atoms with E-state index in [4.69, 9.17) is 8.85 Å². The number of fused-ring (bicyclic) bond motifs is 6. The van der Waals surface area contributed by atoms with Crippen LogP contribution in [0.25, 0.3) is 22.0 Å². The van der Waals surface area contributed by atoms with E-state index in [-0.39, 0.29) is 12.1 Å². The number of pyridine rings is 1. The number of benzene rings is 3. The number of hydrogen-bond donors (Lipinski definition) is 1. The normalized spacial score (nSPS) is 18.1. The largest absolute Gasteiger partial charge is 0.489 e. The zero-order chi connectivity index (χ0) is 27.5. The van der Waals surface area contributed by atoms with Crippen molar-refractivity contribution in [1.29, 1.82) is 5.26 Å². The van der Waals surface area contributed by atoms with Gasteiger partial charge >= 0.3 is 0 Å². The van der Waals surface area contributed by atoms with Gasteiger partial charge < -0.3 is 19.0 Å². The van der Waals surface area contributed by atoms with Gasteiger partial charge in [0.15, 0.2) is 5.60 Å². The molecule has 176 valence electrons. The van der Waals surface area contributed by atoms with Gasteiger partial charge in [0.05, 0.1) is 35.4 Å². The summed E-state index contributed by atoms with van der Waals surface area (Å²) < 4.78 is 32.6. The molecule has 0 radical (unpaired) electrons. The van der Waals surface area contributed by atoms with Crippen LogP contribution >= 0.6 is 0 Å². The Labute approximate surface area is 211 Å². The van der Waals surface area contributed by atoms with Gasteiger partial charge in [-0.15, -0.1) is 0 Å². The summed E-state index contributed by atoms with van der Waals surface area (Å²) in [6.07, 6.45) is 3.14. The molecule has 1 unspecified atom stereocenters. The Morgan fingerprint density at radius 2 is 1.97 bits per heavy atom. The number of hydrogen-bond acceptors (Lipinski definition) is 5.